The predicted molar refractivity (Wildman–Crippen MR) is 77.2 cm³/mol. The van der Waals surface area contributed by atoms with Crippen molar-refractivity contribution in [2.24, 2.45) is 0 Å². The Morgan fingerprint density at radius 3 is 1.69 bits per heavy atom. The van der Waals surface area contributed by atoms with Crippen molar-refractivity contribution in [1.29, 1.82) is 0 Å². The van der Waals surface area contributed by atoms with Crippen molar-refractivity contribution in [3.8, 4) is 0 Å². The van der Waals surface area contributed by atoms with E-state index >= 15 is 0 Å². The molecule has 0 saturated heterocycles. The quantitative estimate of drug-likeness (QED) is 0.604. The summed E-state index contributed by atoms with van der Waals surface area (Å²) in [6, 6.07) is 11.1. The molecule has 0 amide bonds. The third-order valence-electron chi connectivity index (χ3n) is 1.33. The Balaban J connectivity index is -0.0000000339. The van der Waals surface area contributed by atoms with Crippen LogP contribution in [0.4, 0.5) is 0 Å². The zero-order chi connectivity index (χ0) is 8.53. The molecule has 0 aromatic heterocycles. The van der Waals surface area contributed by atoms with E-state index in [2.05, 4.69) is 32.0 Å². The van der Waals surface area contributed by atoms with Crippen LogP contribution in [0, 0.1) is 13.0 Å². The topological polar surface area (TPSA) is 0 Å². The second kappa shape index (κ2) is 29.5. The summed E-state index contributed by atoms with van der Waals surface area (Å²) in [4.78, 5) is 0. The van der Waals surface area contributed by atoms with Crippen LogP contribution in [0.15, 0.2) is 24.3 Å². The summed E-state index contributed by atoms with van der Waals surface area (Å²) in [5, 5.41) is 0. The van der Waals surface area contributed by atoms with Gasteiger partial charge in [-0.05, 0) is 0 Å². The molecule has 0 heterocycles. The van der Waals surface area contributed by atoms with Crippen molar-refractivity contribution < 1.29 is 32.7 Å². The minimum atomic E-state index is 0. The molecule has 0 nitrogen and oxygen atoms in total. The minimum absolute atomic E-state index is 0. The van der Waals surface area contributed by atoms with Crippen molar-refractivity contribution in [2.45, 2.75) is 56.4 Å². The molecule has 0 atom stereocenters. The fraction of sp³-hybridized carbons (Fsp3) is 0.533. The third kappa shape index (κ3) is 19.8. The van der Waals surface area contributed by atoms with Gasteiger partial charge in [0.1, 0.15) is 0 Å². The average molecular weight is 301 g/mol. The van der Waals surface area contributed by atoms with E-state index in [1.54, 1.807) is 6.92 Å². The molecular weight excluding hydrogens is 269 g/mol. The van der Waals surface area contributed by atoms with Crippen LogP contribution < -0.4 is 0 Å². The fourth-order valence-corrected chi connectivity index (χ4v) is 0.877. The molecule has 0 saturated carbocycles. The molecule has 0 fully saturated rings. The largest absolute Gasteiger partial charge is 0.346 e. The van der Waals surface area contributed by atoms with Gasteiger partial charge in [0, 0.05) is 32.7 Å². The maximum atomic E-state index is 3.25. The van der Waals surface area contributed by atoms with E-state index in [4.69, 9.17) is 0 Å². The predicted octanol–water partition coefficient (Wildman–Crippen LogP) is 5.82. The number of rotatable bonds is 2. The van der Waals surface area contributed by atoms with E-state index in [0.717, 1.165) is 0 Å². The summed E-state index contributed by atoms with van der Waals surface area (Å²) < 4.78 is 0. The molecule has 0 unspecified atom stereocenters. The summed E-state index contributed by atoms with van der Waals surface area (Å²) in [6.45, 7) is 7.19. The van der Waals surface area contributed by atoms with Crippen LogP contribution in [-0.4, -0.2) is 0 Å². The van der Waals surface area contributed by atoms with Gasteiger partial charge in [-0.15, -0.1) is 0 Å². The van der Waals surface area contributed by atoms with Crippen LogP contribution in [0.2, 0.25) is 0 Å². The van der Waals surface area contributed by atoms with Crippen LogP contribution in [0.25, 0.3) is 0 Å². The van der Waals surface area contributed by atoms with Crippen molar-refractivity contribution in [2.75, 3.05) is 0 Å². The van der Waals surface area contributed by atoms with E-state index < -0.39 is 0 Å². The van der Waals surface area contributed by atoms with Gasteiger partial charge in [-0.25, -0.2) is 0 Å². The first-order chi connectivity index (χ1) is 5.43. The second-order valence-corrected chi connectivity index (χ2v) is 2.16. The van der Waals surface area contributed by atoms with Gasteiger partial charge in [-0.3, -0.25) is 0 Å². The van der Waals surface area contributed by atoms with Crippen molar-refractivity contribution >= 4 is 0 Å². The molecule has 1 aromatic carbocycles. The first kappa shape index (κ1) is 36.0. The Morgan fingerprint density at radius 1 is 1.00 bits per heavy atom. The zero-order valence-corrected chi connectivity index (χ0v) is 10.8. The van der Waals surface area contributed by atoms with Crippen molar-refractivity contribution in [1.82, 2.24) is 0 Å². The Bertz CT molecular complexity index is 158. The average Bonchev–Trinajstić information content (AvgIpc) is 2.11. The van der Waals surface area contributed by atoms with Gasteiger partial charge in [-0.1, -0.05) is 49.5 Å². The molecular formula is C15H32Y-2. The summed E-state index contributed by atoms with van der Waals surface area (Å²) in [6.07, 6.45) is 2.42. The maximum absolute atomic E-state index is 3.25. The SMILES string of the molecule is C.C.C.C.CCCc1cc[c-]cc1.[CH2-]C.[Y]. The molecule has 0 aliphatic rings. The fourth-order valence-electron chi connectivity index (χ4n) is 0.877. The number of benzene rings is 1. The molecule has 1 aromatic rings. The van der Waals surface area contributed by atoms with Gasteiger partial charge >= 0.3 is 0 Å². The molecule has 1 rings (SSSR count). The molecule has 0 spiro atoms. The van der Waals surface area contributed by atoms with E-state index in [9.17, 15) is 0 Å². The molecule has 1 radical (unpaired) electrons. The Labute approximate surface area is 131 Å². The van der Waals surface area contributed by atoms with Gasteiger partial charge in [0.15, 0.2) is 0 Å². The number of aryl methyl sites for hydroxylation is 1. The smallest absolute Gasteiger partial charge is 0 e. The standard InChI is InChI=1S/C9H11.C2H5.4CH4.Y/c1-2-6-9-7-4-3-5-8-9;1-2;;;;;/h4-5,7-8H,2,6H2,1H3;1H2,2H3;4*1H4;/q2*-1;;;;;. The molecule has 1 heteroatoms. The van der Waals surface area contributed by atoms with Gasteiger partial charge in [0.25, 0.3) is 0 Å². The molecule has 16 heavy (non-hydrogen) atoms. The van der Waals surface area contributed by atoms with E-state index in [-0.39, 0.29) is 62.4 Å². The van der Waals surface area contributed by atoms with Gasteiger partial charge < -0.3 is 6.92 Å². The first-order valence-corrected chi connectivity index (χ1v) is 4.09. The summed E-state index contributed by atoms with van der Waals surface area (Å²) in [5.41, 5.74) is 1.41. The van der Waals surface area contributed by atoms with Crippen LogP contribution in [0.5, 0.6) is 0 Å². The number of hydrogen-bond donors (Lipinski definition) is 0. The summed E-state index contributed by atoms with van der Waals surface area (Å²) in [5.74, 6) is 0. The maximum Gasteiger partial charge on any atom is 0 e. The van der Waals surface area contributed by atoms with E-state index in [1.165, 1.54) is 18.4 Å². The third-order valence-corrected chi connectivity index (χ3v) is 1.33. The van der Waals surface area contributed by atoms with Crippen LogP contribution in [0.1, 0.15) is 55.5 Å². The Morgan fingerprint density at radius 2 is 1.38 bits per heavy atom. The molecule has 97 valence electrons. The summed E-state index contributed by atoms with van der Waals surface area (Å²) >= 11 is 0. The zero-order valence-electron chi connectivity index (χ0n) is 8.01. The molecule has 0 aliphatic carbocycles. The number of hydrogen-bond acceptors (Lipinski definition) is 0. The van der Waals surface area contributed by atoms with Gasteiger partial charge in [-0.2, -0.15) is 42.8 Å². The van der Waals surface area contributed by atoms with Crippen LogP contribution in [-0.2, 0) is 39.1 Å². The summed E-state index contributed by atoms with van der Waals surface area (Å²) in [7, 11) is 0. The molecule has 0 N–H and O–H groups in total. The van der Waals surface area contributed by atoms with Gasteiger partial charge in [0.05, 0.1) is 0 Å². The Hall–Kier alpha value is 0.324. The van der Waals surface area contributed by atoms with Crippen molar-refractivity contribution in [3.05, 3.63) is 42.8 Å². The van der Waals surface area contributed by atoms with E-state index in [0.29, 0.717) is 0 Å². The monoisotopic (exact) mass is 301 g/mol. The first-order valence-electron chi connectivity index (χ1n) is 4.09. The van der Waals surface area contributed by atoms with Crippen LogP contribution in [0.3, 0.4) is 0 Å². The molecule has 0 aliphatic heterocycles. The van der Waals surface area contributed by atoms with Gasteiger partial charge in [0.2, 0.25) is 0 Å². The van der Waals surface area contributed by atoms with E-state index in [1.807, 2.05) is 12.1 Å². The minimum Gasteiger partial charge on any atom is -0.346 e. The molecule has 0 bridgehead atoms. The normalized spacial score (nSPS) is 5.69. The van der Waals surface area contributed by atoms with Crippen LogP contribution >= 0.6 is 0 Å². The van der Waals surface area contributed by atoms with Crippen molar-refractivity contribution in [3.63, 3.8) is 0 Å². The second-order valence-electron chi connectivity index (χ2n) is 2.16. The Kier molecular flexibility index (Phi) is 66.3.